The van der Waals surface area contributed by atoms with Gasteiger partial charge in [-0.05, 0) is 49.1 Å². The van der Waals surface area contributed by atoms with Crippen LogP contribution in [0.2, 0.25) is 0 Å². The first-order chi connectivity index (χ1) is 15.2. The Balaban J connectivity index is 1.12. The van der Waals surface area contributed by atoms with E-state index in [1.807, 2.05) is 29.4 Å². The molecular formula is C23H25N5O2S. The number of rotatable bonds is 3. The molecule has 1 atom stereocenters. The zero-order valence-electron chi connectivity index (χ0n) is 17.2. The minimum absolute atomic E-state index is 0.160. The second-order valence-corrected chi connectivity index (χ2v) is 9.74. The highest BCUT2D eigenvalue weighted by Crippen LogP contribution is 2.39. The maximum absolute atomic E-state index is 12.9. The minimum atomic E-state index is -0.217. The molecule has 3 fully saturated rings. The van der Waals surface area contributed by atoms with Crippen LogP contribution in [-0.4, -0.2) is 69.6 Å². The fourth-order valence-electron chi connectivity index (χ4n) is 4.97. The number of anilines is 1. The molecule has 8 heteroatoms. The van der Waals surface area contributed by atoms with E-state index in [9.17, 15) is 4.79 Å². The van der Waals surface area contributed by atoms with E-state index in [1.54, 1.807) is 11.9 Å². The molecule has 1 unspecified atom stereocenters. The highest BCUT2D eigenvalue weighted by atomic mass is 32.2. The highest BCUT2D eigenvalue weighted by Gasteiger charge is 2.50. The minimum Gasteiger partial charge on any atom is -0.371 e. The number of carbonyl (C=O) groups excluding carboxylic acids is 1. The summed E-state index contributed by atoms with van der Waals surface area (Å²) in [5.74, 6) is 0.160. The summed E-state index contributed by atoms with van der Waals surface area (Å²) in [6.45, 7) is 3.73. The zero-order valence-corrected chi connectivity index (χ0v) is 18.1. The Morgan fingerprint density at radius 2 is 1.94 bits per heavy atom. The molecule has 1 amide bonds. The van der Waals surface area contributed by atoms with E-state index in [4.69, 9.17) is 4.74 Å². The van der Waals surface area contributed by atoms with Gasteiger partial charge in [0.05, 0.1) is 30.3 Å². The van der Waals surface area contributed by atoms with E-state index >= 15 is 0 Å². The number of H-pyrrole nitrogens is 1. The van der Waals surface area contributed by atoms with E-state index in [2.05, 4.69) is 49.5 Å². The van der Waals surface area contributed by atoms with Gasteiger partial charge in [0.1, 0.15) is 6.23 Å². The maximum Gasteiger partial charge on any atom is 0.239 e. The van der Waals surface area contributed by atoms with Gasteiger partial charge < -0.3 is 19.5 Å². The molecule has 3 aromatic rings. The Morgan fingerprint density at radius 3 is 2.74 bits per heavy atom. The van der Waals surface area contributed by atoms with Gasteiger partial charge in [-0.1, -0.05) is 18.2 Å². The summed E-state index contributed by atoms with van der Waals surface area (Å²) in [5.41, 5.74) is 2.11. The van der Waals surface area contributed by atoms with Crippen LogP contribution >= 0.6 is 11.9 Å². The molecule has 6 rings (SSSR count). The standard InChI is InChI=1S/C23H25N5O2S/c29-21-14-27(31-20-13-17-3-1-2-4-19(17)25-20)15-22-28(21)16-23(30-22)7-11-26(12-8-23)18-5-9-24-10-6-18/h1-6,9-10,13,22,25H,7-8,11-12,14-16H2. The number of carbonyl (C=O) groups is 1. The average molecular weight is 436 g/mol. The summed E-state index contributed by atoms with van der Waals surface area (Å²) in [7, 11) is 0. The van der Waals surface area contributed by atoms with Crippen LogP contribution in [0.5, 0.6) is 0 Å². The molecule has 0 aliphatic carbocycles. The molecule has 3 saturated heterocycles. The van der Waals surface area contributed by atoms with Crippen molar-refractivity contribution < 1.29 is 9.53 Å². The number of aromatic amines is 1. The SMILES string of the molecule is O=C1CN(Sc2cc3ccccc3[nH]2)CC2OC3(CCN(c4ccncc4)CC3)CN12. The van der Waals surface area contributed by atoms with Crippen LogP contribution < -0.4 is 4.90 Å². The summed E-state index contributed by atoms with van der Waals surface area (Å²) >= 11 is 1.61. The Hall–Kier alpha value is -2.55. The summed E-state index contributed by atoms with van der Waals surface area (Å²) in [4.78, 5) is 24.8. The van der Waals surface area contributed by atoms with Crippen LogP contribution in [-0.2, 0) is 9.53 Å². The van der Waals surface area contributed by atoms with Gasteiger partial charge >= 0.3 is 0 Å². The van der Waals surface area contributed by atoms with Crippen molar-refractivity contribution in [3.63, 3.8) is 0 Å². The lowest BCUT2D eigenvalue weighted by Crippen LogP contribution is -2.52. The topological polar surface area (TPSA) is 64.7 Å². The average Bonchev–Trinajstić information content (AvgIpc) is 3.36. The Labute approximate surface area is 185 Å². The Bertz CT molecular complexity index is 1060. The van der Waals surface area contributed by atoms with E-state index in [1.165, 1.54) is 11.1 Å². The summed E-state index contributed by atoms with van der Waals surface area (Å²) in [6, 6.07) is 14.5. The molecule has 31 heavy (non-hydrogen) atoms. The smallest absolute Gasteiger partial charge is 0.239 e. The largest absolute Gasteiger partial charge is 0.371 e. The number of ether oxygens (including phenoxy) is 1. The molecular weight excluding hydrogens is 410 g/mol. The van der Waals surface area contributed by atoms with Gasteiger partial charge in [0.25, 0.3) is 0 Å². The van der Waals surface area contributed by atoms with Crippen molar-refractivity contribution in [2.24, 2.45) is 0 Å². The third-order valence-corrected chi connectivity index (χ3v) is 7.57. The number of nitrogens with one attached hydrogen (secondary N) is 1. The van der Waals surface area contributed by atoms with Gasteiger partial charge in [0.2, 0.25) is 5.91 Å². The van der Waals surface area contributed by atoms with Gasteiger partial charge in [0.15, 0.2) is 0 Å². The number of para-hydroxylation sites is 1. The number of benzene rings is 1. The maximum atomic E-state index is 12.9. The lowest BCUT2D eigenvalue weighted by atomic mass is 9.91. The van der Waals surface area contributed by atoms with Gasteiger partial charge in [-0.25, -0.2) is 4.31 Å². The number of hydrogen-bond donors (Lipinski definition) is 1. The van der Waals surface area contributed by atoms with Crippen LogP contribution in [0.4, 0.5) is 5.69 Å². The van der Waals surface area contributed by atoms with Crippen LogP contribution in [0.25, 0.3) is 10.9 Å². The van der Waals surface area contributed by atoms with Crippen LogP contribution in [0.1, 0.15) is 12.8 Å². The van der Waals surface area contributed by atoms with E-state index in [0.29, 0.717) is 13.1 Å². The zero-order chi connectivity index (χ0) is 20.8. The molecule has 1 N–H and O–H groups in total. The molecule has 3 aliphatic heterocycles. The first-order valence-electron chi connectivity index (χ1n) is 10.8. The number of amides is 1. The van der Waals surface area contributed by atoms with Crippen LogP contribution in [0.3, 0.4) is 0 Å². The van der Waals surface area contributed by atoms with E-state index < -0.39 is 0 Å². The van der Waals surface area contributed by atoms with Crippen molar-refractivity contribution in [1.82, 2.24) is 19.2 Å². The third-order valence-electron chi connectivity index (χ3n) is 6.62. The van der Waals surface area contributed by atoms with Gasteiger partial charge in [-0.15, -0.1) is 0 Å². The predicted molar refractivity (Wildman–Crippen MR) is 121 cm³/mol. The molecule has 2 aromatic heterocycles. The molecule has 3 aliphatic rings. The number of piperazine rings is 1. The monoisotopic (exact) mass is 435 g/mol. The van der Waals surface area contributed by atoms with Crippen molar-refractivity contribution in [2.45, 2.75) is 29.7 Å². The molecule has 1 spiro atoms. The quantitative estimate of drug-likeness (QED) is 0.638. The lowest BCUT2D eigenvalue weighted by molar-refractivity contribution is -0.144. The van der Waals surface area contributed by atoms with Crippen molar-refractivity contribution in [1.29, 1.82) is 0 Å². The van der Waals surface area contributed by atoms with Gasteiger partial charge in [-0.2, -0.15) is 0 Å². The second kappa shape index (κ2) is 7.55. The molecule has 7 nitrogen and oxygen atoms in total. The second-order valence-electron chi connectivity index (χ2n) is 8.60. The van der Waals surface area contributed by atoms with Crippen molar-refractivity contribution in [3.05, 3.63) is 54.9 Å². The fraction of sp³-hybridized carbons (Fsp3) is 0.391. The first kappa shape index (κ1) is 19.2. The summed E-state index contributed by atoms with van der Waals surface area (Å²) < 4.78 is 8.70. The molecule has 160 valence electrons. The van der Waals surface area contributed by atoms with E-state index in [-0.39, 0.29) is 17.7 Å². The first-order valence-corrected chi connectivity index (χ1v) is 11.6. The molecule has 1 aromatic carbocycles. The number of nitrogens with zero attached hydrogens (tertiary/aromatic N) is 4. The molecule has 0 bridgehead atoms. The molecule has 0 radical (unpaired) electrons. The number of fused-ring (bicyclic) bond motifs is 2. The van der Waals surface area contributed by atoms with Gasteiger partial charge in [-0.3, -0.25) is 9.78 Å². The fourth-order valence-corrected chi connectivity index (χ4v) is 5.97. The van der Waals surface area contributed by atoms with Crippen molar-refractivity contribution in [3.8, 4) is 0 Å². The van der Waals surface area contributed by atoms with Crippen LogP contribution in [0.15, 0.2) is 59.9 Å². The normalized spacial score (nSPS) is 23.6. The number of hydrogen-bond acceptors (Lipinski definition) is 6. The van der Waals surface area contributed by atoms with E-state index in [0.717, 1.165) is 43.0 Å². The summed E-state index contributed by atoms with van der Waals surface area (Å²) in [6.07, 6.45) is 5.38. The lowest BCUT2D eigenvalue weighted by Gasteiger charge is -2.39. The molecule has 0 saturated carbocycles. The highest BCUT2D eigenvalue weighted by molar-refractivity contribution is 7.97. The van der Waals surface area contributed by atoms with Crippen molar-refractivity contribution >= 4 is 34.4 Å². The number of piperidine rings is 1. The number of pyridine rings is 1. The predicted octanol–water partition coefficient (Wildman–Crippen LogP) is 3.11. The third kappa shape index (κ3) is 3.58. The van der Waals surface area contributed by atoms with Crippen molar-refractivity contribution in [2.75, 3.05) is 37.6 Å². The van der Waals surface area contributed by atoms with Crippen LogP contribution in [0, 0.1) is 0 Å². The summed E-state index contributed by atoms with van der Waals surface area (Å²) in [5, 5.41) is 2.24. The number of aromatic nitrogens is 2. The van der Waals surface area contributed by atoms with Gasteiger partial charge in [0, 0.05) is 42.1 Å². The molecule has 5 heterocycles. The Kier molecular flexibility index (Phi) is 4.66. The Morgan fingerprint density at radius 1 is 1.13 bits per heavy atom.